The molecule has 0 N–H and O–H groups in total. The number of hydrogen-bond acceptors (Lipinski definition) is 2. The number of rotatable bonds is 2. The van der Waals surface area contributed by atoms with Crippen LogP contribution in [-0.4, -0.2) is 12.6 Å². The smallest absolute Gasteiger partial charge is 0.150 e. The first-order valence-corrected chi connectivity index (χ1v) is 3.39. The zero-order valence-corrected chi connectivity index (χ0v) is 6.50. The van der Waals surface area contributed by atoms with Crippen LogP contribution in [-0.2, 0) is 0 Å². The summed E-state index contributed by atoms with van der Waals surface area (Å²) in [4.78, 5) is 20.7. The van der Waals surface area contributed by atoms with Gasteiger partial charge in [-0.25, -0.2) is 4.39 Å². The average molecular weight is 166 g/mol. The Hall–Kier alpha value is -1.51. The van der Waals surface area contributed by atoms with Crippen LogP contribution in [0, 0.1) is 12.7 Å². The van der Waals surface area contributed by atoms with Gasteiger partial charge in [0.05, 0.1) is 0 Å². The van der Waals surface area contributed by atoms with Crippen LogP contribution in [0.5, 0.6) is 0 Å². The molecule has 0 unspecified atom stereocenters. The van der Waals surface area contributed by atoms with Crippen LogP contribution in [0.2, 0.25) is 0 Å². The van der Waals surface area contributed by atoms with Crippen molar-refractivity contribution in [2.45, 2.75) is 6.92 Å². The average Bonchev–Trinajstić information content (AvgIpc) is 2.09. The molecular weight excluding hydrogens is 159 g/mol. The lowest BCUT2D eigenvalue weighted by Gasteiger charge is -1.99. The van der Waals surface area contributed by atoms with E-state index in [9.17, 15) is 14.0 Å². The Morgan fingerprint density at radius 3 is 2.17 bits per heavy atom. The Morgan fingerprint density at radius 1 is 1.17 bits per heavy atom. The molecule has 62 valence electrons. The maximum absolute atomic E-state index is 12.8. The van der Waals surface area contributed by atoms with Gasteiger partial charge in [-0.05, 0) is 24.6 Å². The van der Waals surface area contributed by atoms with E-state index in [1.54, 1.807) is 0 Å². The molecule has 0 aromatic heterocycles. The van der Waals surface area contributed by atoms with Crippen LogP contribution < -0.4 is 0 Å². The van der Waals surface area contributed by atoms with Gasteiger partial charge in [0.25, 0.3) is 0 Å². The Balaban J connectivity index is 3.37. The topological polar surface area (TPSA) is 34.1 Å². The van der Waals surface area contributed by atoms with Gasteiger partial charge in [0.1, 0.15) is 5.82 Å². The lowest BCUT2D eigenvalue weighted by Crippen LogP contribution is -1.94. The van der Waals surface area contributed by atoms with Crippen molar-refractivity contribution in [1.82, 2.24) is 0 Å². The summed E-state index contributed by atoms with van der Waals surface area (Å²) in [6, 6.07) is 2.41. The van der Waals surface area contributed by atoms with E-state index < -0.39 is 5.82 Å². The van der Waals surface area contributed by atoms with E-state index in [0.717, 1.165) is 6.07 Å². The summed E-state index contributed by atoms with van der Waals surface area (Å²) in [5, 5.41) is 0. The molecule has 12 heavy (non-hydrogen) atoms. The van der Waals surface area contributed by atoms with Crippen LogP contribution in [0.4, 0.5) is 4.39 Å². The maximum Gasteiger partial charge on any atom is 0.150 e. The van der Waals surface area contributed by atoms with E-state index in [2.05, 4.69) is 0 Å². The Labute approximate surface area is 69.0 Å². The van der Waals surface area contributed by atoms with Gasteiger partial charge in [0.2, 0.25) is 0 Å². The molecule has 0 heterocycles. The lowest BCUT2D eigenvalue weighted by molar-refractivity contribution is 0.109. The minimum atomic E-state index is -0.470. The molecule has 0 aliphatic heterocycles. The zero-order chi connectivity index (χ0) is 9.14. The molecular formula is C9H7FO2. The van der Waals surface area contributed by atoms with E-state index in [0.29, 0.717) is 18.1 Å². The summed E-state index contributed by atoms with van der Waals surface area (Å²) in [6.07, 6.45) is 1.00. The minimum absolute atomic E-state index is 0.0908. The molecule has 1 aromatic carbocycles. The predicted octanol–water partition coefficient (Wildman–Crippen LogP) is 1.76. The second kappa shape index (κ2) is 3.26. The molecule has 0 amide bonds. The number of benzene rings is 1. The van der Waals surface area contributed by atoms with E-state index in [4.69, 9.17) is 0 Å². The van der Waals surface area contributed by atoms with Gasteiger partial charge in [-0.3, -0.25) is 9.59 Å². The largest absolute Gasteiger partial charge is 0.298 e. The Bertz CT molecular complexity index is 299. The molecule has 1 aromatic rings. The molecule has 0 saturated carbocycles. The molecule has 3 heteroatoms. The maximum atomic E-state index is 12.8. The number of carbonyl (C=O) groups excluding carboxylic acids is 2. The highest BCUT2D eigenvalue weighted by atomic mass is 19.1. The summed E-state index contributed by atoms with van der Waals surface area (Å²) < 4.78 is 12.8. The number of aryl methyl sites for hydroxylation is 1. The number of halogens is 1. The zero-order valence-electron chi connectivity index (χ0n) is 6.50. The fourth-order valence-electron chi connectivity index (χ4n) is 0.923. The highest BCUT2D eigenvalue weighted by molar-refractivity contribution is 5.90. The van der Waals surface area contributed by atoms with Crippen LogP contribution in [0.15, 0.2) is 12.1 Å². The Kier molecular flexibility index (Phi) is 2.33. The third-order valence-electron chi connectivity index (χ3n) is 1.62. The number of hydrogen-bond donors (Lipinski definition) is 0. The third-order valence-corrected chi connectivity index (χ3v) is 1.62. The van der Waals surface area contributed by atoms with Crippen LogP contribution >= 0.6 is 0 Å². The van der Waals surface area contributed by atoms with Crippen LogP contribution in [0.1, 0.15) is 26.3 Å². The fraction of sp³-hybridized carbons (Fsp3) is 0.111. The van der Waals surface area contributed by atoms with Gasteiger partial charge in [-0.1, -0.05) is 0 Å². The second-order valence-electron chi connectivity index (χ2n) is 2.47. The van der Waals surface area contributed by atoms with Gasteiger partial charge < -0.3 is 0 Å². The standard InChI is InChI=1S/C9H7FO2/c1-6-2-7(4-11)8(5-12)3-9(6)10/h2-5H,1H3. The first-order valence-electron chi connectivity index (χ1n) is 3.39. The molecule has 0 aliphatic rings. The van der Waals surface area contributed by atoms with Gasteiger partial charge >= 0.3 is 0 Å². The monoisotopic (exact) mass is 166 g/mol. The molecule has 0 fully saturated rings. The van der Waals surface area contributed by atoms with E-state index in [1.165, 1.54) is 13.0 Å². The van der Waals surface area contributed by atoms with E-state index in [-0.39, 0.29) is 11.1 Å². The van der Waals surface area contributed by atoms with Gasteiger partial charge in [-0.15, -0.1) is 0 Å². The number of carbonyl (C=O) groups is 2. The van der Waals surface area contributed by atoms with Crippen LogP contribution in [0.3, 0.4) is 0 Å². The minimum Gasteiger partial charge on any atom is -0.298 e. The van der Waals surface area contributed by atoms with E-state index >= 15 is 0 Å². The molecule has 0 atom stereocenters. The molecule has 2 nitrogen and oxygen atoms in total. The van der Waals surface area contributed by atoms with Gasteiger partial charge in [-0.2, -0.15) is 0 Å². The highest BCUT2D eigenvalue weighted by Crippen LogP contribution is 2.11. The normalized spacial score (nSPS) is 9.50. The van der Waals surface area contributed by atoms with Crippen molar-refractivity contribution in [1.29, 1.82) is 0 Å². The quantitative estimate of drug-likeness (QED) is 0.627. The molecule has 0 saturated heterocycles. The predicted molar refractivity (Wildman–Crippen MR) is 41.9 cm³/mol. The second-order valence-corrected chi connectivity index (χ2v) is 2.47. The fourth-order valence-corrected chi connectivity index (χ4v) is 0.923. The highest BCUT2D eigenvalue weighted by Gasteiger charge is 2.04. The van der Waals surface area contributed by atoms with E-state index in [1.807, 2.05) is 0 Å². The molecule has 0 radical (unpaired) electrons. The van der Waals surface area contributed by atoms with Crippen molar-refractivity contribution in [3.63, 3.8) is 0 Å². The van der Waals surface area contributed by atoms with Gasteiger partial charge in [0, 0.05) is 11.1 Å². The Morgan fingerprint density at radius 2 is 1.67 bits per heavy atom. The van der Waals surface area contributed by atoms with Crippen molar-refractivity contribution < 1.29 is 14.0 Å². The van der Waals surface area contributed by atoms with Gasteiger partial charge in [0.15, 0.2) is 12.6 Å². The summed E-state index contributed by atoms with van der Waals surface area (Å²) in [5.41, 5.74) is 0.680. The first kappa shape index (κ1) is 8.59. The number of aldehydes is 2. The molecule has 0 spiro atoms. The molecule has 1 rings (SSSR count). The molecule has 0 bridgehead atoms. The van der Waals surface area contributed by atoms with Crippen molar-refractivity contribution in [3.05, 3.63) is 34.6 Å². The third kappa shape index (κ3) is 1.39. The SMILES string of the molecule is Cc1cc(C=O)c(C=O)cc1F. The van der Waals surface area contributed by atoms with Crippen molar-refractivity contribution in [3.8, 4) is 0 Å². The van der Waals surface area contributed by atoms with Crippen molar-refractivity contribution in [2.24, 2.45) is 0 Å². The summed E-state index contributed by atoms with van der Waals surface area (Å²) in [5.74, 6) is -0.470. The summed E-state index contributed by atoms with van der Waals surface area (Å²) >= 11 is 0. The molecule has 0 aliphatic carbocycles. The first-order chi connectivity index (χ1) is 5.69. The summed E-state index contributed by atoms with van der Waals surface area (Å²) in [6.45, 7) is 1.54. The van der Waals surface area contributed by atoms with Crippen LogP contribution in [0.25, 0.3) is 0 Å². The lowest BCUT2D eigenvalue weighted by atomic mass is 10.1. The summed E-state index contributed by atoms with van der Waals surface area (Å²) in [7, 11) is 0. The van der Waals surface area contributed by atoms with Crippen molar-refractivity contribution >= 4 is 12.6 Å². The van der Waals surface area contributed by atoms with Crippen molar-refractivity contribution in [2.75, 3.05) is 0 Å².